The molecule has 0 bridgehead atoms. The van der Waals surface area contributed by atoms with Crippen LogP contribution in [0, 0.1) is 0 Å². The quantitative estimate of drug-likeness (QED) is 0.509. The summed E-state index contributed by atoms with van der Waals surface area (Å²) in [5.41, 5.74) is 1.21. The lowest BCUT2D eigenvalue weighted by Gasteiger charge is -2.02. The van der Waals surface area contributed by atoms with Gasteiger partial charge in [0, 0.05) is 4.47 Å². The maximum Gasteiger partial charge on any atom is 0.339 e. The molecule has 1 saturated heterocycles. The van der Waals surface area contributed by atoms with Crippen LogP contribution in [0.4, 0.5) is 0 Å². The molecule has 6 nitrogen and oxygen atoms in total. The van der Waals surface area contributed by atoms with Gasteiger partial charge in [-0.15, -0.1) is 5.10 Å². The number of carbonyl (C=O) groups excluding carboxylic acids is 2. The molecule has 0 radical (unpaired) electrons. The summed E-state index contributed by atoms with van der Waals surface area (Å²) in [6.45, 7) is 0. The Hall–Kier alpha value is -1.67. The smallest absolute Gasteiger partial charge is 0.339 e. The Bertz CT molecular complexity index is 616. The zero-order valence-electron chi connectivity index (χ0n) is 10.4. The Morgan fingerprint density at radius 3 is 2.95 bits per heavy atom. The second kappa shape index (κ2) is 6.67. The SMILES string of the molecule is COC(=O)c1ccc(C=NN=C2NC(=O)CS2)cc1Br. The average molecular weight is 356 g/mol. The molecule has 104 valence electrons. The zero-order chi connectivity index (χ0) is 14.5. The largest absolute Gasteiger partial charge is 0.465 e. The minimum atomic E-state index is -0.411. The van der Waals surface area contributed by atoms with Crippen molar-refractivity contribution in [2.75, 3.05) is 12.9 Å². The van der Waals surface area contributed by atoms with Crippen LogP contribution in [0.5, 0.6) is 0 Å². The minimum absolute atomic E-state index is 0.0749. The predicted molar refractivity (Wildman–Crippen MR) is 81.1 cm³/mol. The summed E-state index contributed by atoms with van der Waals surface area (Å²) < 4.78 is 5.26. The number of halogens is 1. The van der Waals surface area contributed by atoms with Gasteiger partial charge in [-0.3, -0.25) is 4.79 Å². The molecule has 0 aliphatic carbocycles. The van der Waals surface area contributed by atoms with Gasteiger partial charge in [-0.05, 0) is 33.6 Å². The number of nitrogens with zero attached hydrogens (tertiary/aromatic N) is 2. The Labute approximate surface area is 127 Å². The molecule has 0 aromatic heterocycles. The van der Waals surface area contributed by atoms with Gasteiger partial charge in [-0.1, -0.05) is 17.8 Å². The van der Waals surface area contributed by atoms with Crippen LogP contribution in [-0.2, 0) is 9.53 Å². The molecule has 20 heavy (non-hydrogen) atoms. The van der Waals surface area contributed by atoms with Gasteiger partial charge in [0.2, 0.25) is 5.91 Å². The third kappa shape index (κ3) is 3.67. The van der Waals surface area contributed by atoms with Crippen molar-refractivity contribution in [2.24, 2.45) is 10.2 Å². The Morgan fingerprint density at radius 2 is 2.35 bits per heavy atom. The molecule has 0 atom stereocenters. The van der Waals surface area contributed by atoms with Crippen LogP contribution < -0.4 is 5.32 Å². The van der Waals surface area contributed by atoms with Gasteiger partial charge >= 0.3 is 5.97 Å². The molecule has 1 aliphatic rings. The van der Waals surface area contributed by atoms with E-state index in [9.17, 15) is 9.59 Å². The van der Waals surface area contributed by atoms with Crippen LogP contribution in [0.25, 0.3) is 0 Å². The van der Waals surface area contributed by atoms with Crippen molar-refractivity contribution in [3.05, 3.63) is 33.8 Å². The highest BCUT2D eigenvalue weighted by atomic mass is 79.9. The summed E-state index contributed by atoms with van der Waals surface area (Å²) >= 11 is 4.60. The second-order valence-corrected chi connectivity index (χ2v) is 5.54. The molecule has 1 aromatic rings. The van der Waals surface area contributed by atoms with Gasteiger partial charge in [0.15, 0.2) is 5.17 Å². The Balaban J connectivity index is 2.09. The number of benzene rings is 1. The molecule has 0 saturated carbocycles. The van der Waals surface area contributed by atoms with E-state index >= 15 is 0 Å². The lowest BCUT2D eigenvalue weighted by atomic mass is 10.1. The first-order valence-electron chi connectivity index (χ1n) is 5.51. The summed E-state index contributed by atoms with van der Waals surface area (Å²) in [5, 5.41) is 10.8. The summed E-state index contributed by atoms with van der Waals surface area (Å²) in [4.78, 5) is 22.4. The van der Waals surface area contributed by atoms with Crippen molar-refractivity contribution in [3.8, 4) is 0 Å². The van der Waals surface area contributed by atoms with Crippen LogP contribution in [0.15, 0.2) is 32.9 Å². The van der Waals surface area contributed by atoms with Gasteiger partial charge in [0.1, 0.15) is 0 Å². The third-order valence-electron chi connectivity index (χ3n) is 2.34. The first-order valence-corrected chi connectivity index (χ1v) is 7.29. The van der Waals surface area contributed by atoms with Crippen molar-refractivity contribution in [1.29, 1.82) is 0 Å². The third-order valence-corrected chi connectivity index (χ3v) is 3.86. The number of hydrogen-bond acceptors (Lipinski definition) is 6. The van der Waals surface area contributed by atoms with Gasteiger partial charge < -0.3 is 10.1 Å². The minimum Gasteiger partial charge on any atom is -0.465 e. The van der Waals surface area contributed by atoms with E-state index in [4.69, 9.17) is 0 Å². The summed E-state index contributed by atoms with van der Waals surface area (Å²) in [6, 6.07) is 5.09. The fraction of sp³-hybridized carbons (Fsp3) is 0.167. The molecule has 2 rings (SSSR count). The van der Waals surface area contributed by atoms with Crippen LogP contribution in [-0.4, -0.2) is 36.1 Å². The molecule has 1 fully saturated rings. The van der Waals surface area contributed by atoms with E-state index in [1.807, 2.05) is 0 Å². The second-order valence-electron chi connectivity index (χ2n) is 3.72. The van der Waals surface area contributed by atoms with Gasteiger partial charge in [-0.2, -0.15) is 5.10 Å². The van der Waals surface area contributed by atoms with E-state index in [-0.39, 0.29) is 5.91 Å². The highest BCUT2D eigenvalue weighted by Gasteiger charge is 2.16. The van der Waals surface area contributed by atoms with E-state index in [0.717, 1.165) is 5.56 Å². The van der Waals surface area contributed by atoms with Gasteiger partial charge in [-0.25, -0.2) is 4.79 Å². The molecule has 0 spiro atoms. The van der Waals surface area contributed by atoms with E-state index in [2.05, 4.69) is 36.2 Å². The number of esters is 1. The number of ether oxygens (including phenoxy) is 1. The van der Waals surface area contributed by atoms with Crippen LogP contribution in [0.1, 0.15) is 15.9 Å². The standard InChI is InChI=1S/C12H10BrN3O3S/c1-19-11(18)8-3-2-7(4-9(8)13)5-14-16-12-15-10(17)6-20-12/h2-5H,6H2,1H3,(H,15,16,17). The van der Waals surface area contributed by atoms with E-state index in [1.165, 1.54) is 25.1 Å². The molecule has 0 unspecified atom stereocenters. The number of hydrogen-bond donors (Lipinski definition) is 1. The number of rotatable bonds is 3. The first-order chi connectivity index (χ1) is 9.60. The maximum absolute atomic E-state index is 11.4. The zero-order valence-corrected chi connectivity index (χ0v) is 12.8. The van der Waals surface area contributed by atoms with Crippen LogP contribution in [0.3, 0.4) is 0 Å². The molecule has 1 aliphatic heterocycles. The molecular formula is C12H10BrN3O3S. The topological polar surface area (TPSA) is 80.1 Å². The van der Waals surface area contributed by atoms with Crippen LogP contribution in [0.2, 0.25) is 0 Å². The molecule has 1 aromatic carbocycles. The Morgan fingerprint density at radius 1 is 1.55 bits per heavy atom. The number of thioether (sulfide) groups is 1. The number of amides is 1. The van der Waals surface area contributed by atoms with Crippen molar-refractivity contribution < 1.29 is 14.3 Å². The molecular weight excluding hydrogens is 346 g/mol. The lowest BCUT2D eigenvalue weighted by Crippen LogP contribution is -2.19. The Kier molecular flexibility index (Phi) is 4.91. The lowest BCUT2D eigenvalue weighted by molar-refractivity contribution is -0.116. The maximum atomic E-state index is 11.4. The van der Waals surface area contributed by atoms with Crippen LogP contribution >= 0.6 is 27.7 Å². The van der Waals surface area contributed by atoms with Crippen molar-refractivity contribution in [1.82, 2.24) is 5.32 Å². The van der Waals surface area contributed by atoms with E-state index < -0.39 is 5.97 Å². The normalized spacial score (nSPS) is 16.7. The van der Waals surface area contributed by atoms with Crippen molar-refractivity contribution in [2.45, 2.75) is 0 Å². The van der Waals surface area contributed by atoms with E-state index in [0.29, 0.717) is 21.0 Å². The van der Waals surface area contributed by atoms with Crippen molar-refractivity contribution in [3.63, 3.8) is 0 Å². The summed E-state index contributed by atoms with van der Waals surface area (Å²) in [6.07, 6.45) is 1.53. The first kappa shape index (κ1) is 14.7. The number of amidine groups is 1. The molecule has 8 heteroatoms. The monoisotopic (exact) mass is 355 g/mol. The number of methoxy groups -OCH3 is 1. The van der Waals surface area contributed by atoms with Gasteiger partial charge in [0.05, 0.1) is 24.6 Å². The van der Waals surface area contributed by atoms with Crippen molar-refractivity contribution >= 4 is 51.0 Å². The molecule has 1 N–H and O–H groups in total. The average Bonchev–Trinajstić information content (AvgIpc) is 2.84. The summed E-state index contributed by atoms with van der Waals surface area (Å²) in [5.74, 6) is -0.118. The number of carbonyl (C=O) groups is 2. The molecule has 1 amide bonds. The molecule has 1 heterocycles. The number of nitrogens with one attached hydrogen (secondary N) is 1. The highest BCUT2D eigenvalue weighted by Crippen LogP contribution is 2.18. The highest BCUT2D eigenvalue weighted by molar-refractivity contribution is 9.10. The fourth-order valence-electron chi connectivity index (χ4n) is 1.41. The predicted octanol–water partition coefficient (Wildman–Crippen LogP) is 1.79. The van der Waals surface area contributed by atoms with Gasteiger partial charge in [0.25, 0.3) is 0 Å². The fourth-order valence-corrected chi connectivity index (χ4v) is 2.60. The summed E-state index contributed by atoms with van der Waals surface area (Å²) in [7, 11) is 1.33. The van der Waals surface area contributed by atoms with E-state index in [1.54, 1.807) is 18.2 Å².